The van der Waals surface area contributed by atoms with E-state index in [4.69, 9.17) is 0 Å². The van der Waals surface area contributed by atoms with Crippen LogP contribution in [0, 0.1) is 0 Å². The Kier molecular flexibility index (Phi) is 7.67. The fourth-order valence-electron chi connectivity index (χ4n) is 4.60. The first kappa shape index (κ1) is 25.6. The minimum Gasteiger partial charge on any atom is -0.345 e. The van der Waals surface area contributed by atoms with Crippen molar-refractivity contribution in [2.24, 2.45) is 0 Å². The molecule has 1 fully saturated rings. The van der Waals surface area contributed by atoms with Crippen LogP contribution in [0.5, 0.6) is 0 Å². The van der Waals surface area contributed by atoms with Crippen LogP contribution in [0.15, 0.2) is 84.9 Å². The lowest BCUT2D eigenvalue weighted by Crippen LogP contribution is -2.44. The Balaban J connectivity index is 1.48. The van der Waals surface area contributed by atoms with E-state index in [9.17, 15) is 19.2 Å². The third-order valence-corrected chi connectivity index (χ3v) is 6.46. The Morgan fingerprint density at radius 3 is 2.22 bits per heavy atom. The number of imide groups is 1. The quantitative estimate of drug-likeness (QED) is 0.381. The second kappa shape index (κ2) is 11.1. The molecule has 1 aliphatic rings. The summed E-state index contributed by atoms with van der Waals surface area (Å²) in [6.45, 7) is 3.33. The highest BCUT2D eigenvalue weighted by Gasteiger charge is 2.52. The number of carbonyl (C=O) groups is 4. The number of hydrogen-bond acceptors (Lipinski definition) is 4. The average molecular weight is 499 g/mol. The van der Waals surface area contributed by atoms with Crippen LogP contribution >= 0.6 is 0 Å². The highest BCUT2D eigenvalue weighted by molar-refractivity contribution is 6.11. The van der Waals surface area contributed by atoms with Crippen LogP contribution in [-0.2, 0) is 15.1 Å². The van der Waals surface area contributed by atoms with Gasteiger partial charge in [0.05, 0.1) is 17.3 Å². The van der Waals surface area contributed by atoms with Crippen molar-refractivity contribution in [3.63, 3.8) is 0 Å². The molecule has 37 heavy (non-hydrogen) atoms. The van der Waals surface area contributed by atoms with Gasteiger partial charge in [-0.25, -0.2) is 4.79 Å². The van der Waals surface area contributed by atoms with E-state index in [0.717, 1.165) is 10.5 Å². The van der Waals surface area contributed by atoms with Crippen molar-refractivity contribution in [2.75, 3.05) is 11.9 Å². The predicted molar refractivity (Wildman–Crippen MR) is 141 cm³/mol. The molecule has 5 amide bonds. The molecule has 0 radical (unpaired) electrons. The predicted octanol–water partition coefficient (Wildman–Crippen LogP) is 4.36. The first-order valence-electron chi connectivity index (χ1n) is 12.3. The number of carbonyl (C=O) groups excluding carboxylic acids is 4. The normalized spacial score (nSPS) is 17.7. The van der Waals surface area contributed by atoms with E-state index in [2.05, 4.69) is 16.0 Å². The molecule has 190 valence electrons. The van der Waals surface area contributed by atoms with Crippen LogP contribution in [0.25, 0.3) is 0 Å². The zero-order chi connectivity index (χ0) is 26.4. The Hall–Kier alpha value is -4.46. The van der Waals surface area contributed by atoms with Crippen molar-refractivity contribution < 1.29 is 19.2 Å². The molecule has 4 rings (SSSR count). The summed E-state index contributed by atoms with van der Waals surface area (Å²) in [4.78, 5) is 53.2. The Labute approximate surface area is 216 Å². The molecule has 1 saturated heterocycles. The standard InChI is InChI=1S/C29H30N4O4/c1-3-18-29(22-14-8-5-9-15-22)27(36)33(28(37)32-29)19-25(34)31-24-17-11-10-16-23(24)26(35)30-20(2)21-12-6-4-7-13-21/h4-17,20H,3,18-19H2,1-2H3,(H,30,35)(H,31,34)(H,32,37)/t20-,29-/m0/s1. The first-order valence-corrected chi connectivity index (χ1v) is 12.3. The molecular weight excluding hydrogens is 468 g/mol. The highest BCUT2D eigenvalue weighted by atomic mass is 16.2. The van der Waals surface area contributed by atoms with Crippen LogP contribution in [0.2, 0.25) is 0 Å². The maximum atomic E-state index is 13.4. The molecule has 0 aliphatic carbocycles. The largest absolute Gasteiger partial charge is 0.345 e. The number of hydrogen-bond donors (Lipinski definition) is 3. The summed E-state index contributed by atoms with van der Waals surface area (Å²) < 4.78 is 0. The Morgan fingerprint density at radius 1 is 0.919 bits per heavy atom. The van der Waals surface area contributed by atoms with Crippen LogP contribution < -0.4 is 16.0 Å². The number of nitrogens with zero attached hydrogens (tertiary/aromatic N) is 1. The lowest BCUT2D eigenvalue weighted by molar-refractivity contribution is -0.134. The third kappa shape index (κ3) is 5.38. The fraction of sp³-hybridized carbons (Fsp3) is 0.241. The van der Waals surface area contributed by atoms with Crippen LogP contribution in [0.1, 0.15) is 54.2 Å². The van der Waals surface area contributed by atoms with E-state index in [-0.39, 0.29) is 17.5 Å². The molecule has 8 heteroatoms. The third-order valence-electron chi connectivity index (χ3n) is 6.46. The summed E-state index contributed by atoms with van der Waals surface area (Å²) in [6.07, 6.45) is 1.06. The van der Waals surface area contributed by atoms with Crippen molar-refractivity contribution >= 4 is 29.4 Å². The number of anilines is 1. The number of para-hydroxylation sites is 1. The zero-order valence-corrected chi connectivity index (χ0v) is 20.9. The van der Waals surface area contributed by atoms with Crippen LogP contribution in [-0.4, -0.2) is 35.2 Å². The topological polar surface area (TPSA) is 108 Å². The van der Waals surface area contributed by atoms with Gasteiger partial charge in [-0.05, 0) is 36.6 Å². The smallest absolute Gasteiger partial charge is 0.325 e. The minimum atomic E-state index is -1.21. The minimum absolute atomic E-state index is 0.243. The van der Waals surface area contributed by atoms with Gasteiger partial charge in [0.2, 0.25) is 5.91 Å². The van der Waals surface area contributed by atoms with Crippen molar-refractivity contribution in [1.82, 2.24) is 15.5 Å². The molecule has 1 aliphatic heterocycles. The van der Waals surface area contributed by atoms with E-state index in [0.29, 0.717) is 24.1 Å². The molecule has 0 bridgehead atoms. The molecule has 0 unspecified atom stereocenters. The van der Waals surface area contributed by atoms with Crippen molar-refractivity contribution in [2.45, 2.75) is 38.3 Å². The van der Waals surface area contributed by atoms with Gasteiger partial charge in [-0.3, -0.25) is 19.3 Å². The van der Waals surface area contributed by atoms with Crippen molar-refractivity contribution in [3.05, 3.63) is 102 Å². The summed E-state index contributed by atoms with van der Waals surface area (Å²) in [6, 6.07) is 24.3. The molecule has 1 heterocycles. The Morgan fingerprint density at radius 2 is 1.54 bits per heavy atom. The SMILES string of the molecule is CCC[C@@]1(c2ccccc2)NC(=O)N(CC(=O)Nc2ccccc2C(=O)N[C@@H](C)c2ccccc2)C1=O. The Bertz CT molecular complexity index is 1300. The maximum absolute atomic E-state index is 13.4. The van der Waals surface area contributed by atoms with E-state index >= 15 is 0 Å². The molecule has 3 aromatic carbocycles. The van der Waals surface area contributed by atoms with Gasteiger partial charge in [-0.2, -0.15) is 0 Å². The highest BCUT2D eigenvalue weighted by Crippen LogP contribution is 2.33. The maximum Gasteiger partial charge on any atom is 0.325 e. The van der Waals surface area contributed by atoms with Gasteiger partial charge in [0, 0.05) is 0 Å². The summed E-state index contributed by atoms with van der Waals surface area (Å²) in [5.41, 5.74) is 0.983. The lowest BCUT2D eigenvalue weighted by atomic mass is 9.85. The molecule has 0 aromatic heterocycles. The summed E-state index contributed by atoms with van der Waals surface area (Å²) in [7, 11) is 0. The van der Waals surface area contributed by atoms with E-state index in [1.54, 1.807) is 36.4 Å². The number of nitrogens with one attached hydrogen (secondary N) is 3. The molecule has 0 saturated carbocycles. The molecule has 3 N–H and O–H groups in total. The second-order valence-corrected chi connectivity index (χ2v) is 9.04. The van der Waals surface area contributed by atoms with E-state index < -0.39 is 29.9 Å². The fourth-order valence-corrected chi connectivity index (χ4v) is 4.60. The molecular formula is C29H30N4O4. The zero-order valence-electron chi connectivity index (χ0n) is 20.9. The number of amides is 5. The number of benzene rings is 3. The van der Waals surface area contributed by atoms with Gasteiger partial charge in [-0.15, -0.1) is 0 Å². The summed E-state index contributed by atoms with van der Waals surface area (Å²) in [5.74, 6) is -1.41. The first-order chi connectivity index (χ1) is 17.9. The molecule has 0 spiro atoms. The lowest BCUT2D eigenvalue weighted by Gasteiger charge is -2.26. The van der Waals surface area contributed by atoms with Gasteiger partial charge in [-0.1, -0.05) is 86.1 Å². The summed E-state index contributed by atoms with van der Waals surface area (Å²) in [5, 5.41) is 8.45. The van der Waals surface area contributed by atoms with Crippen molar-refractivity contribution in [1.29, 1.82) is 0 Å². The van der Waals surface area contributed by atoms with Crippen LogP contribution in [0.3, 0.4) is 0 Å². The van der Waals surface area contributed by atoms with Gasteiger partial charge in [0.1, 0.15) is 12.1 Å². The van der Waals surface area contributed by atoms with Gasteiger partial charge >= 0.3 is 6.03 Å². The van der Waals surface area contributed by atoms with Crippen LogP contribution in [0.4, 0.5) is 10.5 Å². The monoisotopic (exact) mass is 498 g/mol. The van der Waals surface area contributed by atoms with Gasteiger partial charge < -0.3 is 16.0 Å². The average Bonchev–Trinajstić information content (AvgIpc) is 3.15. The van der Waals surface area contributed by atoms with Gasteiger partial charge in [0.25, 0.3) is 11.8 Å². The van der Waals surface area contributed by atoms with E-state index in [1.807, 2.05) is 62.4 Å². The summed E-state index contributed by atoms with van der Waals surface area (Å²) >= 11 is 0. The van der Waals surface area contributed by atoms with Gasteiger partial charge in [0.15, 0.2) is 0 Å². The van der Waals surface area contributed by atoms with Crippen molar-refractivity contribution in [3.8, 4) is 0 Å². The molecule has 3 aromatic rings. The number of urea groups is 1. The second-order valence-electron chi connectivity index (χ2n) is 9.04. The number of rotatable bonds is 9. The molecule has 8 nitrogen and oxygen atoms in total. The molecule has 2 atom stereocenters. The van der Waals surface area contributed by atoms with E-state index in [1.165, 1.54) is 0 Å².